The van der Waals surface area contributed by atoms with Gasteiger partial charge in [0.05, 0.1) is 29.6 Å². The van der Waals surface area contributed by atoms with Crippen molar-refractivity contribution in [3.8, 4) is 22.8 Å². The minimum absolute atomic E-state index is 0.0612. The molecule has 3 aromatic heterocycles. The molecule has 168 valence electrons. The summed E-state index contributed by atoms with van der Waals surface area (Å²) in [5.74, 6) is 1.56. The Hall–Kier alpha value is -3.43. The molecule has 0 saturated carbocycles. The van der Waals surface area contributed by atoms with E-state index in [-0.39, 0.29) is 5.91 Å². The molecule has 3 heterocycles. The molecular weight excluding hydrogens is 456 g/mol. The molecule has 7 nitrogen and oxygen atoms in total. The van der Waals surface area contributed by atoms with Crippen LogP contribution in [0.15, 0.2) is 54.0 Å². The van der Waals surface area contributed by atoms with Gasteiger partial charge in [-0.25, -0.2) is 9.97 Å². The molecule has 0 atom stereocenters. The van der Waals surface area contributed by atoms with Crippen molar-refractivity contribution in [2.75, 3.05) is 19.0 Å². The van der Waals surface area contributed by atoms with Crippen LogP contribution in [-0.2, 0) is 11.2 Å². The van der Waals surface area contributed by atoms with Crippen molar-refractivity contribution in [3.05, 3.63) is 59.7 Å². The fraction of sp³-hybridized carbons (Fsp3) is 0.208. The number of anilines is 1. The summed E-state index contributed by atoms with van der Waals surface area (Å²) in [5, 5.41) is 5.59. The number of nitrogens with zero attached hydrogens (tertiary/aromatic N) is 3. The van der Waals surface area contributed by atoms with Gasteiger partial charge in [0.25, 0.3) is 0 Å². The van der Waals surface area contributed by atoms with Gasteiger partial charge < -0.3 is 14.8 Å². The predicted octanol–water partition coefficient (Wildman–Crippen LogP) is 5.65. The van der Waals surface area contributed by atoms with Crippen molar-refractivity contribution in [2.24, 2.45) is 0 Å². The van der Waals surface area contributed by atoms with Crippen LogP contribution in [0, 0.1) is 0 Å². The number of carbonyl (C=O) groups is 1. The van der Waals surface area contributed by atoms with E-state index in [1.54, 1.807) is 18.4 Å². The van der Waals surface area contributed by atoms with Crippen LogP contribution in [0.5, 0.6) is 11.5 Å². The lowest BCUT2D eigenvalue weighted by Gasteiger charge is -2.02. The van der Waals surface area contributed by atoms with Gasteiger partial charge >= 0.3 is 0 Å². The fourth-order valence-corrected chi connectivity index (χ4v) is 5.37. The van der Waals surface area contributed by atoms with Crippen LogP contribution in [0.25, 0.3) is 26.4 Å². The van der Waals surface area contributed by atoms with Crippen molar-refractivity contribution >= 4 is 48.9 Å². The zero-order chi connectivity index (χ0) is 22.8. The molecule has 0 aliphatic heterocycles. The lowest BCUT2D eigenvalue weighted by molar-refractivity contribution is -0.116. The maximum Gasteiger partial charge on any atom is 0.226 e. The number of benzene rings is 2. The molecule has 0 fully saturated rings. The molecule has 2 aromatic carbocycles. The number of imidazole rings is 1. The van der Waals surface area contributed by atoms with Gasteiger partial charge in [-0.3, -0.25) is 9.20 Å². The fourth-order valence-electron chi connectivity index (χ4n) is 3.55. The number of aromatic nitrogens is 3. The van der Waals surface area contributed by atoms with Crippen molar-refractivity contribution in [1.82, 2.24) is 14.4 Å². The molecule has 5 aromatic rings. The van der Waals surface area contributed by atoms with Gasteiger partial charge in [0.15, 0.2) is 10.1 Å². The van der Waals surface area contributed by atoms with Crippen molar-refractivity contribution < 1.29 is 14.3 Å². The van der Waals surface area contributed by atoms with Crippen LogP contribution >= 0.6 is 22.7 Å². The van der Waals surface area contributed by atoms with Gasteiger partial charge in [0.2, 0.25) is 5.91 Å². The second-order valence-electron chi connectivity index (χ2n) is 7.36. The number of rotatable bonds is 8. The first-order chi connectivity index (χ1) is 16.1. The van der Waals surface area contributed by atoms with E-state index in [1.807, 2.05) is 55.6 Å². The Morgan fingerprint density at radius 3 is 2.73 bits per heavy atom. The number of thiazole rings is 2. The zero-order valence-electron chi connectivity index (χ0n) is 18.2. The summed E-state index contributed by atoms with van der Waals surface area (Å²) < 4.78 is 13.8. The Labute approximate surface area is 198 Å². The van der Waals surface area contributed by atoms with Crippen LogP contribution in [0.1, 0.15) is 19.0 Å². The number of fused-ring (bicyclic) bond motifs is 2. The lowest BCUT2D eigenvalue weighted by Crippen LogP contribution is -2.12. The number of amides is 1. The minimum atomic E-state index is -0.0612. The summed E-state index contributed by atoms with van der Waals surface area (Å²) in [7, 11) is 1.65. The van der Waals surface area contributed by atoms with E-state index in [1.165, 1.54) is 11.3 Å². The standard InChI is InChI=1S/C24H22N4O3S2/c1-3-31-18-9-10-19-21(12-18)33-23(25-19)27-22(29)11-6-16-14-32-24-26-20(13-28(16)24)15-4-7-17(30-2)8-5-15/h4-5,7-10,12-14H,3,6,11H2,1-2H3,(H,25,27,29). The van der Waals surface area contributed by atoms with Gasteiger partial charge in [0, 0.05) is 29.3 Å². The minimum Gasteiger partial charge on any atom is -0.497 e. The molecular formula is C24H22N4O3S2. The molecule has 0 unspecified atom stereocenters. The molecule has 33 heavy (non-hydrogen) atoms. The molecule has 9 heteroatoms. The quantitative estimate of drug-likeness (QED) is 0.312. The smallest absolute Gasteiger partial charge is 0.226 e. The number of carbonyl (C=O) groups excluding carboxylic acids is 1. The Kier molecular flexibility index (Phi) is 5.97. The zero-order valence-corrected chi connectivity index (χ0v) is 19.8. The largest absolute Gasteiger partial charge is 0.497 e. The Balaban J connectivity index is 1.25. The second kappa shape index (κ2) is 9.21. The van der Waals surface area contributed by atoms with Crippen LogP contribution in [0.4, 0.5) is 5.13 Å². The number of hydrogen-bond donors (Lipinski definition) is 1. The van der Waals surface area contributed by atoms with Gasteiger partial charge in [-0.1, -0.05) is 11.3 Å². The Morgan fingerprint density at radius 1 is 1.12 bits per heavy atom. The average Bonchev–Trinajstić information content (AvgIpc) is 3.52. The first-order valence-electron chi connectivity index (χ1n) is 10.6. The summed E-state index contributed by atoms with van der Waals surface area (Å²) in [5.41, 5.74) is 3.83. The number of nitrogens with one attached hydrogen (secondary N) is 1. The molecule has 1 amide bonds. The average molecular weight is 479 g/mol. The third-order valence-corrected chi connectivity index (χ3v) is 7.02. The van der Waals surface area contributed by atoms with Crippen LogP contribution in [-0.4, -0.2) is 34.0 Å². The van der Waals surface area contributed by atoms with E-state index < -0.39 is 0 Å². The van der Waals surface area contributed by atoms with Gasteiger partial charge in [-0.05, 0) is 55.8 Å². The number of ether oxygens (including phenoxy) is 2. The first-order valence-corrected chi connectivity index (χ1v) is 12.3. The van der Waals surface area contributed by atoms with E-state index >= 15 is 0 Å². The summed E-state index contributed by atoms with van der Waals surface area (Å²) in [6.07, 6.45) is 3.00. The number of methoxy groups -OCH3 is 1. The monoisotopic (exact) mass is 478 g/mol. The topological polar surface area (TPSA) is 77.8 Å². The van der Waals surface area contributed by atoms with Crippen molar-refractivity contribution in [3.63, 3.8) is 0 Å². The maximum atomic E-state index is 12.6. The number of hydrogen-bond acceptors (Lipinski definition) is 7. The van der Waals surface area contributed by atoms with E-state index in [2.05, 4.69) is 20.1 Å². The number of aryl methyl sites for hydroxylation is 1. The van der Waals surface area contributed by atoms with Gasteiger partial charge in [0.1, 0.15) is 11.5 Å². The predicted molar refractivity (Wildman–Crippen MR) is 133 cm³/mol. The van der Waals surface area contributed by atoms with Gasteiger partial charge in [-0.15, -0.1) is 11.3 Å². The van der Waals surface area contributed by atoms with E-state index in [0.29, 0.717) is 24.6 Å². The van der Waals surface area contributed by atoms with E-state index in [0.717, 1.165) is 43.6 Å². The third-order valence-electron chi connectivity index (χ3n) is 5.19. The SMILES string of the molecule is CCOc1ccc2nc(NC(=O)CCc3csc4nc(-c5ccc(OC)cc5)cn34)sc2c1. The van der Waals surface area contributed by atoms with Crippen LogP contribution < -0.4 is 14.8 Å². The molecule has 0 bridgehead atoms. The molecule has 0 saturated heterocycles. The molecule has 1 N–H and O–H groups in total. The highest BCUT2D eigenvalue weighted by Gasteiger charge is 2.13. The Bertz CT molecular complexity index is 1420. The summed E-state index contributed by atoms with van der Waals surface area (Å²) >= 11 is 3.02. The second-order valence-corrected chi connectivity index (χ2v) is 9.23. The molecule has 0 aliphatic rings. The van der Waals surface area contributed by atoms with Crippen LogP contribution in [0.3, 0.4) is 0 Å². The van der Waals surface area contributed by atoms with E-state index in [9.17, 15) is 4.79 Å². The normalized spacial score (nSPS) is 11.2. The van der Waals surface area contributed by atoms with Gasteiger partial charge in [-0.2, -0.15) is 0 Å². The van der Waals surface area contributed by atoms with Crippen molar-refractivity contribution in [1.29, 1.82) is 0 Å². The lowest BCUT2D eigenvalue weighted by atomic mass is 10.1. The molecule has 5 rings (SSSR count). The highest BCUT2D eigenvalue weighted by Crippen LogP contribution is 2.30. The summed E-state index contributed by atoms with van der Waals surface area (Å²) in [4.78, 5) is 22.7. The van der Waals surface area contributed by atoms with Crippen molar-refractivity contribution in [2.45, 2.75) is 19.8 Å². The third kappa shape index (κ3) is 4.55. The van der Waals surface area contributed by atoms with E-state index in [4.69, 9.17) is 14.5 Å². The first kappa shape index (κ1) is 21.4. The molecule has 0 radical (unpaired) electrons. The molecule has 0 aliphatic carbocycles. The van der Waals surface area contributed by atoms with Crippen LogP contribution in [0.2, 0.25) is 0 Å². The highest BCUT2D eigenvalue weighted by molar-refractivity contribution is 7.22. The summed E-state index contributed by atoms with van der Waals surface area (Å²) in [6.45, 7) is 2.57. The molecule has 0 spiro atoms. The highest BCUT2D eigenvalue weighted by atomic mass is 32.1. The maximum absolute atomic E-state index is 12.6. The summed E-state index contributed by atoms with van der Waals surface area (Å²) in [6, 6.07) is 13.6. The Morgan fingerprint density at radius 2 is 1.94 bits per heavy atom.